The van der Waals surface area contributed by atoms with E-state index in [-0.39, 0.29) is 23.2 Å². The zero-order chi connectivity index (χ0) is 20.9. The second-order valence-corrected chi connectivity index (χ2v) is 7.31. The topological polar surface area (TPSA) is 79.5 Å². The number of carbonyl (C=O) groups excluding carboxylic acids is 2. The summed E-state index contributed by atoms with van der Waals surface area (Å²) < 4.78 is 5.77. The molecule has 0 saturated carbocycles. The van der Waals surface area contributed by atoms with Crippen LogP contribution in [-0.4, -0.2) is 34.7 Å². The summed E-state index contributed by atoms with van der Waals surface area (Å²) in [7, 11) is 0. The molecule has 6 nitrogen and oxygen atoms in total. The molecule has 0 bridgehead atoms. The molecule has 30 heavy (non-hydrogen) atoms. The Kier molecular flexibility index (Phi) is 5.75. The molecule has 0 aliphatic carbocycles. The highest BCUT2D eigenvalue weighted by atomic mass is 16.5. The molecule has 1 aromatic heterocycles. The van der Waals surface area contributed by atoms with Crippen LogP contribution in [0.25, 0.3) is 0 Å². The number of rotatable bonds is 5. The molecule has 2 heterocycles. The molecule has 152 valence electrons. The summed E-state index contributed by atoms with van der Waals surface area (Å²) in [4.78, 5) is 41.8. The molecular formula is C24H22N2O4. The largest absolute Gasteiger partial charge is 0.457 e. The lowest BCUT2D eigenvalue weighted by Crippen LogP contribution is -2.43. The molecular weight excluding hydrogens is 380 g/mol. The molecule has 0 spiro atoms. The molecule has 1 saturated heterocycles. The minimum absolute atomic E-state index is 0.000678. The van der Waals surface area contributed by atoms with E-state index in [1.54, 1.807) is 35.2 Å². The molecule has 4 rings (SSSR count). The van der Waals surface area contributed by atoms with Crippen molar-refractivity contribution in [3.8, 4) is 11.5 Å². The summed E-state index contributed by atoms with van der Waals surface area (Å²) in [5, 5.41) is 0. The number of nitrogens with zero attached hydrogens (tertiary/aromatic N) is 1. The van der Waals surface area contributed by atoms with Crippen LogP contribution in [0.4, 0.5) is 0 Å². The summed E-state index contributed by atoms with van der Waals surface area (Å²) in [6.07, 6.45) is 2.94. The quantitative estimate of drug-likeness (QED) is 0.657. The molecule has 2 aromatic carbocycles. The van der Waals surface area contributed by atoms with Crippen molar-refractivity contribution in [3.05, 3.63) is 94.4 Å². The lowest BCUT2D eigenvalue weighted by atomic mass is 9.89. The summed E-state index contributed by atoms with van der Waals surface area (Å²) in [6.45, 7) is 0.856. The van der Waals surface area contributed by atoms with Gasteiger partial charge in [0.15, 0.2) is 5.78 Å². The van der Waals surface area contributed by atoms with Crippen molar-refractivity contribution in [2.24, 2.45) is 5.92 Å². The zero-order valence-electron chi connectivity index (χ0n) is 16.4. The normalized spacial score (nSPS) is 16.1. The van der Waals surface area contributed by atoms with Gasteiger partial charge in [0, 0.05) is 30.8 Å². The second-order valence-electron chi connectivity index (χ2n) is 7.31. The fourth-order valence-electron chi connectivity index (χ4n) is 3.68. The van der Waals surface area contributed by atoms with Crippen molar-refractivity contribution in [3.63, 3.8) is 0 Å². The highest BCUT2D eigenvalue weighted by Crippen LogP contribution is 2.25. The van der Waals surface area contributed by atoms with Crippen molar-refractivity contribution in [2.45, 2.75) is 12.8 Å². The number of piperidine rings is 1. The van der Waals surface area contributed by atoms with Gasteiger partial charge in [-0.05, 0) is 61.4 Å². The van der Waals surface area contributed by atoms with Gasteiger partial charge in [0.05, 0.1) is 0 Å². The Hall–Kier alpha value is -3.67. The lowest BCUT2D eigenvalue weighted by Gasteiger charge is -2.32. The molecule has 1 aliphatic rings. The van der Waals surface area contributed by atoms with Crippen molar-refractivity contribution in [1.29, 1.82) is 0 Å². The predicted molar refractivity (Wildman–Crippen MR) is 113 cm³/mol. The number of aromatic amines is 1. The van der Waals surface area contributed by atoms with E-state index in [4.69, 9.17) is 4.74 Å². The number of pyridine rings is 1. The Balaban J connectivity index is 1.43. The molecule has 1 fully saturated rings. The first-order valence-electron chi connectivity index (χ1n) is 9.96. The smallest absolute Gasteiger partial charge is 0.260 e. The maximum atomic E-state index is 13.0. The third-order valence-electron chi connectivity index (χ3n) is 5.25. The van der Waals surface area contributed by atoms with Gasteiger partial charge in [-0.25, -0.2) is 0 Å². The minimum atomic E-state index is -0.412. The summed E-state index contributed by atoms with van der Waals surface area (Å²) >= 11 is 0. The SMILES string of the molecule is O=C(c1ccc(Oc2ccccc2)cc1)[C@@H]1CCCN(C(=O)c2ccc[nH]c2=O)C1. The molecule has 1 atom stereocenters. The molecule has 3 aromatic rings. The number of nitrogens with one attached hydrogen (secondary N) is 1. The Morgan fingerprint density at radius 3 is 2.40 bits per heavy atom. The Labute approximate surface area is 174 Å². The average Bonchev–Trinajstić information content (AvgIpc) is 2.80. The van der Waals surface area contributed by atoms with Gasteiger partial charge in [-0.15, -0.1) is 0 Å². The van der Waals surface area contributed by atoms with Crippen molar-refractivity contribution in [2.75, 3.05) is 13.1 Å². The molecule has 1 amide bonds. The van der Waals surface area contributed by atoms with Gasteiger partial charge in [-0.1, -0.05) is 18.2 Å². The monoisotopic (exact) mass is 402 g/mol. The van der Waals surface area contributed by atoms with E-state index >= 15 is 0 Å². The maximum absolute atomic E-state index is 13.0. The minimum Gasteiger partial charge on any atom is -0.457 e. The predicted octanol–water partition coefficient (Wildman–Crippen LogP) is 3.90. The number of ketones is 1. The summed E-state index contributed by atoms with van der Waals surface area (Å²) in [5.74, 6) is 0.767. The Bertz CT molecular complexity index is 1090. The second kappa shape index (κ2) is 8.78. The van der Waals surface area contributed by atoms with Crippen LogP contribution < -0.4 is 10.3 Å². The number of hydrogen-bond acceptors (Lipinski definition) is 4. The number of para-hydroxylation sites is 1. The standard InChI is InChI=1S/C24H22N2O4/c27-22(17-10-12-20(13-11-17)30-19-7-2-1-3-8-19)18-6-5-15-26(16-18)24(29)21-9-4-14-25-23(21)28/h1-4,7-14,18H,5-6,15-16H2,(H,25,28)/t18-/m1/s1. The number of likely N-dealkylation sites (tertiary alicyclic amines) is 1. The fourth-order valence-corrected chi connectivity index (χ4v) is 3.68. The number of hydrogen-bond donors (Lipinski definition) is 1. The Morgan fingerprint density at radius 1 is 0.933 bits per heavy atom. The number of amides is 1. The summed E-state index contributed by atoms with van der Waals surface area (Å²) in [5.41, 5.74) is 0.283. The first-order valence-corrected chi connectivity index (χ1v) is 9.96. The van der Waals surface area contributed by atoms with Crippen LogP contribution in [0.1, 0.15) is 33.6 Å². The van der Waals surface area contributed by atoms with Crippen LogP contribution >= 0.6 is 0 Å². The van der Waals surface area contributed by atoms with Crippen LogP contribution in [0.5, 0.6) is 11.5 Å². The van der Waals surface area contributed by atoms with E-state index in [1.165, 1.54) is 12.3 Å². The van der Waals surface area contributed by atoms with Crippen molar-refractivity contribution >= 4 is 11.7 Å². The number of carbonyl (C=O) groups is 2. The van der Waals surface area contributed by atoms with Gasteiger partial charge >= 0.3 is 0 Å². The molecule has 0 radical (unpaired) electrons. The highest BCUT2D eigenvalue weighted by Gasteiger charge is 2.30. The van der Waals surface area contributed by atoms with E-state index in [1.807, 2.05) is 30.3 Å². The van der Waals surface area contributed by atoms with Crippen LogP contribution in [0.15, 0.2) is 77.7 Å². The van der Waals surface area contributed by atoms with Crippen LogP contribution in [0, 0.1) is 5.92 Å². The van der Waals surface area contributed by atoms with Gasteiger partial charge in [0.25, 0.3) is 11.5 Å². The Morgan fingerprint density at radius 2 is 1.67 bits per heavy atom. The molecule has 1 aliphatic heterocycles. The number of aromatic nitrogens is 1. The van der Waals surface area contributed by atoms with Gasteiger partial charge in [0.1, 0.15) is 17.1 Å². The highest BCUT2D eigenvalue weighted by molar-refractivity contribution is 5.99. The number of ether oxygens (including phenoxy) is 1. The molecule has 6 heteroatoms. The fraction of sp³-hybridized carbons (Fsp3) is 0.208. The lowest BCUT2D eigenvalue weighted by molar-refractivity contribution is 0.0635. The van der Waals surface area contributed by atoms with Crippen molar-refractivity contribution < 1.29 is 14.3 Å². The number of benzene rings is 2. The third-order valence-corrected chi connectivity index (χ3v) is 5.25. The van der Waals surface area contributed by atoms with E-state index in [9.17, 15) is 14.4 Å². The van der Waals surface area contributed by atoms with Crippen LogP contribution in [0.3, 0.4) is 0 Å². The average molecular weight is 402 g/mol. The van der Waals surface area contributed by atoms with Crippen LogP contribution in [-0.2, 0) is 0 Å². The van der Waals surface area contributed by atoms with E-state index in [0.29, 0.717) is 24.4 Å². The zero-order valence-corrected chi connectivity index (χ0v) is 16.4. The first-order chi connectivity index (χ1) is 14.6. The van der Waals surface area contributed by atoms with Crippen LogP contribution in [0.2, 0.25) is 0 Å². The van der Waals surface area contributed by atoms with E-state index in [0.717, 1.165) is 18.6 Å². The van der Waals surface area contributed by atoms with Gasteiger partial charge < -0.3 is 14.6 Å². The molecule has 0 unspecified atom stereocenters. The van der Waals surface area contributed by atoms with E-state index < -0.39 is 5.56 Å². The molecule has 1 N–H and O–H groups in total. The van der Waals surface area contributed by atoms with Crippen molar-refractivity contribution in [1.82, 2.24) is 9.88 Å². The first kappa shape index (κ1) is 19.6. The van der Waals surface area contributed by atoms with Gasteiger partial charge in [-0.3, -0.25) is 14.4 Å². The van der Waals surface area contributed by atoms with Gasteiger partial charge in [0.2, 0.25) is 0 Å². The maximum Gasteiger partial charge on any atom is 0.260 e. The summed E-state index contributed by atoms with van der Waals surface area (Å²) in [6, 6.07) is 19.6. The van der Waals surface area contributed by atoms with Gasteiger partial charge in [-0.2, -0.15) is 0 Å². The number of H-pyrrole nitrogens is 1. The third kappa shape index (κ3) is 4.33. The number of Topliss-reactive ketones (excluding diaryl/α,β-unsaturated/α-hetero) is 1. The van der Waals surface area contributed by atoms with E-state index in [2.05, 4.69) is 4.98 Å².